The molecule has 4 atom stereocenters. The summed E-state index contributed by atoms with van der Waals surface area (Å²) in [5.41, 5.74) is 1.20. The molecule has 0 spiro atoms. The highest BCUT2D eigenvalue weighted by Gasteiger charge is 2.36. The van der Waals surface area contributed by atoms with Crippen LogP contribution in [0.5, 0.6) is 17.2 Å². The van der Waals surface area contributed by atoms with Crippen LogP contribution in [0.2, 0.25) is 0 Å². The predicted molar refractivity (Wildman–Crippen MR) is 145 cm³/mol. The van der Waals surface area contributed by atoms with Crippen LogP contribution in [0, 0.1) is 11.7 Å². The molecule has 2 unspecified atom stereocenters. The van der Waals surface area contributed by atoms with Crippen molar-refractivity contribution in [2.45, 2.75) is 37.8 Å². The summed E-state index contributed by atoms with van der Waals surface area (Å²) in [6, 6.07) is 13.9. The first kappa shape index (κ1) is 28.2. The third-order valence-corrected chi connectivity index (χ3v) is 8.26. The molecule has 3 heterocycles. The molecule has 0 bridgehead atoms. The summed E-state index contributed by atoms with van der Waals surface area (Å²) in [6.07, 6.45) is 2.19. The number of halogens is 3. The molecule has 2 aromatic carbocycles. The molecule has 2 aromatic rings. The maximum atomic E-state index is 13.6. The van der Waals surface area contributed by atoms with Crippen LogP contribution in [0.1, 0.15) is 31.2 Å². The molecule has 3 aliphatic heterocycles. The van der Waals surface area contributed by atoms with Crippen molar-refractivity contribution in [3.05, 3.63) is 53.8 Å². The molecule has 0 radical (unpaired) electrons. The van der Waals surface area contributed by atoms with Crippen LogP contribution in [0.25, 0.3) is 0 Å². The van der Waals surface area contributed by atoms with Gasteiger partial charge >= 0.3 is 0 Å². The second-order valence-corrected chi connectivity index (χ2v) is 10.3. The van der Waals surface area contributed by atoms with E-state index in [2.05, 4.69) is 28.9 Å². The fraction of sp³-hybridized carbons (Fsp3) is 0.538. The molecule has 0 saturated carbocycles. The van der Waals surface area contributed by atoms with Crippen molar-refractivity contribution in [3.8, 4) is 17.2 Å². The zero-order valence-corrected chi connectivity index (χ0v) is 22.4. The van der Waals surface area contributed by atoms with Crippen molar-refractivity contribution in [1.82, 2.24) is 10.2 Å². The second kappa shape index (κ2) is 13.2. The van der Waals surface area contributed by atoms with Gasteiger partial charge in [-0.3, -0.25) is 4.90 Å². The Hall–Kier alpha value is -1.38. The molecule has 0 aromatic heterocycles. The number of benzene rings is 2. The molecule has 3 aliphatic rings. The largest absolute Gasteiger partial charge is 0.493 e. The SMILES string of the molecule is CCC(C1CSCCN1)N1CC[C@H](c2ccc(F)cc2)[C@@H](COc2ccc3c(c2)OCO3)C1.Cl.Cl. The Morgan fingerprint density at radius 2 is 1.94 bits per heavy atom. The van der Waals surface area contributed by atoms with Crippen molar-refractivity contribution in [2.24, 2.45) is 5.92 Å². The van der Waals surface area contributed by atoms with Crippen LogP contribution in [0.3, 0.4) is 0 Å². The zero-order valence-electron chi connectivity index (χ0n) is 20.0. The monoisotopic (exact) mass is 544 g/mol. The van der Waals surface area contributed by atoms with Gasteiger partial charge in [-0.2, -0.15) is 11.8 Å². The summed E-state index contributed by atoms with van der Waals surface area (Å²) in [7, 11) is 0. The van der Waals surface area contributed by atoms with Crippen molar-refractivity contribution in [3.63, 3.8) is 0 Å². The highest BCUT2D eigenvalue weighted by molar-refractivity contribution is 7.99. The van der Waals surface area contributed by atoms with Crippen molar-refractivity contribution in [2.75, 3.05) is 44.5 Å². The molecule has 2 fully saturated rings. The van der Waals surface area contributed by atoms with Crippen LogP contribution in [-0.4, -0.2) is 61.5 Å². The maximum absolute atomic E-state index is 13.6. The Bertz CT molecular complexity index is 933. The van der Waals surface area contributed by atoms with Crippen molar-refractivity contribution in [1.29, 1.82) is 0 Å². The van der Waals surface area contributed by atoms with Crippen LogP contribution in [0.15, 0.2) is 42.5 Å². The number of thioether (sulfide) groups is 1. The van der Waals surface area contributed by atoms with Gasteiger partial charge in [0.1, 0.15) is 11.6 Å². The van der Waals surface area contributed by atoms with Crippen molar-refractivity contribution >= 4 is 36.6 Å². The average Bonchev–Trinajstić information content (AvgIpc) is 3.33. The number of hydrogen-bond donors (Lipinski definition) is 1. The number of piperidine rings is 1. The number of nitrogens with zero attached hydrogens (tertiary/aromatic N) is 1. The van der Waals surface area contributed by atoms with Gasteiger partial charge in [-0.05, 0) is 55.1 Å². The fourth-order valence-electron chi connectivity index (χ4n) is 5.48. The Morgan fingerprint density at radius 1 is 1.14 bits per heavy atom. The highest BCUT2D eigenvalue weighted by atomic mass is 35.5. The van der Waals surface area contributed by atoms with Gasteiger partial charge in [0, 0.05) is 48.7 Å². The number of rotatable bonds is 7. The molecule has 35 heavy (non-hydrogen) atoms. The van der Waals surface area contributed by atoms with Gasteiger partial charge in [-0.15, -0.1) is 24.8 Å². The first-order valence-corrected chi connectivity index (χ1v) is 13.2. The Kier molecular flexibility index (Phi) is 10.7. The zero-order chi connectivity index (χ0) is 22.6. The quantitative estimate of drug-likeness (QED) is 0.505. The van der Waals surface area contributed by atoms with Gasteiger partial charge < -0.3 is 19.5 Å². The Balaban J connectivity index is 0.00000171. The minimum absolute atomic E-state index is 0. The van der Waals surface area contributed by atoms with Gasteiger partial charge in [-0.25, -0.2) is 4.39 Å². The van der Waals surface area contributed by atoms with Gasteiger partial charge in [0.25, 0.3) is 0 Å². The first-order valence-electron chi connectivity index (χ1n) is 12.0. The van der Waals surface area contributed by atoms with Gasteiger partial charge in [-0.1, -0.05) is 19.1 Å². The lowest BCUT2D eigenvalue weighted by Gasteiger charge is -2.45. The van der Waals surface area contributed by atoms with E-state index in [1.54, 1.807) is 12.1 Å². The smallest absolute Gasteiger partial charge is 0.231 e. The summed E-state index contributed by atoms with van der Waals surface area (Å²) in [6.45, 7) is 6.30. The van der Waals surface area contributed by atoms with E-state index in [4.69, 9.17) is 14.2 Å². The van der Waals surface area contributed by atoms with Crippen LogP contribution < -0.4 is 19.5 Å². The minimum atomic E-state index is -0.184. The lowest BCUT2D eigenvalue weighted by molar-refractivity contribution is 0.0644. The van der Waals surface area contributed by atoms with E-state index in [-0.39, 0.29) is 37.4 Å². The summed E-state index contributed by atoms with van der Waals surface area (Å²) in [4.78, 5) is 2.66. The molecule has 0 aliphatic carbocycles. The standard InChI is InChI=1S/C26H33FN2O3S.2ClH/c1-2-24(23-16-33-12-10-28-23)29-11-9-22(18-3-5-20(27)6-4-18)19(14-29)15-30-21-7-8-25-26(13-21)32-17-31-25;;/h3-8,13,19,22-24,28H,2,9-12,14-17H2,1H3;2*1H/t19-,22-,23?,24?;;/m1../s1. The van der Waals surface area contributed by atoms with E-state index < -0.39 is 0 Å². The summed E-state index contributed by atoms with van der Waals surface area (Å²) in [5, 5.41) is 3.75. The van der Waals surface area contributed by atoms with Gasteiger partial charge in [0.2, 0.25) is 6.79 Å². The number of hydrogen-bond acceptors (Lipinski definition) is 6. The van der Waals surface area contributed by atoms with Crippen molar-refractivity contribution < 1.29 is 18.6 Å². The molecule has 9 heteroatoms. The van der Waals surface area contributed by atoms with E-state index in [1.165, 1.54) is 17.1 Å². The van der Waals surface area contributed by atoms with E-state index in [9.17, 15) is 4.39 Å². The lowest BCUT2D eigenvalue weighted by atomic mass is 9.80. The summed E-state index contributed by atoms with van der Waals surface area (Å²) >= 11 is 2.06. The third kappa shape index (κ3) is 6.69. The van der Waals surface area contributed by atoms with E-state index in [1.807, 2.05) is 30.3 Å². The molecular formula is C26H35Cl2FN2O3S. The fourth-order valence-corrected chi connectivity index (χ4v) is 6.50. The first-order chi connectivity index (χ1) is 16.2. The molecule has 194 valence electrons. The van der Waals surface area contributed by atoms with E-state index in [0.29, 0.717) is 30.5 Å². The van der Waals surface area contributed by atoms with Crippen LogP contribution in [0.4, 0.5) is 4.39 Å². The van der Waals surface area contributed by atoms with Crippen LogP contribution in [-0.2, 0) is 0 Å². The van der Waals surface area contributed by atoms with Gasteiger partial charge in [0.05, 0.1) is 6.61 Å². The number of ether oxygens (including phenoxy) is 3. The minimum Gasteiger partial charge on any atom is -0.493 e. The normalized spacial score (nSPS) is 24.7. The average molecular weight is 546 g/mol. The molecule has 2 saturated heterocycles. The number of fused-ring (bicyclic) bond motifs is 1. The Morgan fingerprint density at radius 3 is 2.69 bits per heavy atom. The maximum Gasteiger partial charge on any atom is 0.231 e. The predicted octanol–water partition coefficient (Wildman–Crippen LogP) is 5.37. The Labute approximate surface area is 224 Å². The molecular weight excluding hydrogens is 510 g/mol. The molecule has 5 rings (SSSR count). The summed E-state index contributed by atoms with van der Waals surface area (Å²) in [5.74, 6) is 5.16. The van der Waals surface area contributed by atoms with E-state index in [0.717, 1.165) is 49.7 Å². The molecule has 5 nitrogen and oxygen atoms in total. The number of likely N-dealkylation sites (tertiary alicyclic amines) is 1. The third-order valence-electron chi connectivity index (χ3n) is 7.17. The second-order valence-electron chi connectivity index (χ2n) is 9.14. The number of nitrogens with one attached hydrogen (secondary N) is 1. The van der Waals surface area contributed by atoms with Crippen LogP contribution >= 0.6 is 36.6 Å². The topological polar surface area (TPSA) is 43.0 Å². The van der Waals surface area contributed by atoms with E-state index >= 15 is 0 Å². The highest BCUT2D eigenvalue weighted by Crippen LogP contribution is 2.38. The molecule has 1 N–H and O–H groups in total. The summed E-state index contributed by atoms with van der Waals surface area (Å²) < 4.78 is 30.8. The molecule has 0 amide bonds. The lowest BCUT2D eigenvalue weighted by Crippen LogP contribution is -2.56. The van der Waals surface area contributed by atoms with Gasteiger partial charge in [0.15, 0.2) is 11.5 Å².